The fraction of sp³-hybridized carbons (Fsp3) is 0.500. The number of nitrogens with zero attached hydrogens (tertiary/aromatic N) is 4. The smallest absolute Gasteiger partial charge is 0.342 e. The topological polar surface area (TPSA) is 92.7 Å². The van der Waals surface area contributed by atoms with Crippen LogP contribution in [0.4, 0.5) is 0 Å². The van der Waals surface area contributed by atoms with Crippen LogP contribution >= 0.6 is 0 Å². The summed E-state index contributed by atoms with van der Waals surface area (Å²) < 4.78 is 5.26. The molecule has 2 amide bonds. The first kappa shape index (κ1) is 29.0. The molecular formula is C30H40N4O4. The normalized spacial score (nSPS) is 15.3. The van der Waals surface area contributed by atoms with Crippen LogP contribution < -0.4 is 0 Å². The van der Waals surface area contributed by atoms with E-state index in [0.29, 0.717) is 37.6 Å². The highest BCUT2D eigenvalue weighted by atomic mass is 16.5. The third-order valence-electron chi connectivity index (χ3n) is 6.84. The van der Waals surface area contributed by atoms with Crippen LogP contribution in [-0.2, 0) is 9.53 Å². The second-order valence-corrected chi connectivity index (χ2v) is 9.81. The lowest BCUT2D eigenvalue weighted by molar-refractivity contribution is -0.135. The number of hydrogen-bond donors (Lipinski definition) is 0. The molecule has 1 aromatic carbocycles. The molecule has 0 spiro atoms. The van der Waals surface area contributed by atoms with Crippen molar-refractivity contribution in [3.05, 3.63) is 59.9 Å². The quantitative estimate of drug-likeness (QED) is 0.216. The minimum Gasteiger partial charge on any atom is -0.458 e. The molecule has 0 saturated carbocycles. The van der Waals surface area contributed by atoms with Gasteiger partial charge >= 0.3 is 5.97 Å². The van der Waals surface area contributed by atoms with Gasteiger partial charge in [0.05, 0.1) is 5.69 Å². The average molecular weight is 521 g/mol. The number of esters is 1. The van der Waals surface area contributed by atoms with Crippen LogP contribution in [0.1, 0.15) is 85.3 Å². The molecule has 1 unspecified atom stereocenters. The number of ether oxygens (including phenoxy) is 1. The van der Waals surface area contributed by atoms with Crippen molar-refractivity contribution >= 4 is 17.8 Å². The van der Waals surface area contributed by atoms with E-state index in [0.717, 1.165) is 18.4 Å². The predicted molar refractivity (Wildman–Crippen MR) is 148 cm³/mol. The Kier molecular flexibility index (Phi) is 11.0. The van der Waals surface area contributed by atoms with Gasteiger partial charge in [-0.25, -0.2) is 14.8 Å². The zero-order valence-corrected chi connectivity index (χ0v) is 22.9. The molecule has 1 aliphatic rings. The molecule has 1 atom stereocenters. The van der Waals surface area contributed by atoms with Crippen molar-refractivity contribution in [1.82, 2.24) is 19.8 Å². The van der Waals surface area contributed by atoms with E-state index < -0.39 is 5.97 Å². The Balaban J connectivity index is 1.75. The van der Waals surface area contributed by atoms with Crippen LogP contribution in [0, 0.1) is 6.92 Å². The number of aromatic nitrogens is 2. The van der Waals surface area contributed by atoms with Crippen molar-refractivity contribution in [3.63, 3.8) is 0 Å². The molecule has 1 saturated heterocycles. The fourth-order valence-electron chi connectivity index (χ4n) is 4.76. The van der Waals surface area contributed by atoms with Crippen molar-refractivity contribution in [3.8, 4) is 11.4 Å². The lowest BCUT2D eigenvalue weighted by Crippen LogP contribution is -2.55. The summed E-state index contributed by atoms with van der Waals surface area (Å²) in [6.45, 7) is 10.6. The Morgan fingerprint density at radius 3 is 2.45 bits per heavy atom. The van der Waals surface area contributed by atoms with Crippen molar-refractivity contribution in [2.75, 3.05) is 26.2 Å². The van der Waals surface area contributed by atoms with Crippen molar-refractivity contribution in [2.24, 2.45) is 0 Å². The van der Waals surface area contributed by atoms with Crippen LogP contribution in [-0.4, -0.2) is 69.8 Å². The first-order valence-electron chi connectivity index (χ1n) is 13.7. The molecule has 2 heterocycles. The van der Waals surface area contributed by atoms with Gasteiger partial charge in [-0.2, -0.15) is 0 Å². The number of piperazine rings is 1. The Hall–Kier alpha value is -3.55. The monoisotopic (exact) mass is 520 g/mol. The largest absolute Gasteiger partial charge is 0.458 e. The van der Waals surface area contributed by atoms with Gasteiger partial charge in [0.15, 0.2) is 5.82 Å². The van der Waals surface area contributed by atoms with Crippen LogP contribution in [0.2, 0.25) is 0 Å². The maximum absolute atomic E-state index is 13.8. The van der Waals surface area contributed by atoms with Gasteiger partial charge in [-0.1, -0.05) is 82.0 Å². The fourth-order valence-corrected chi connectivity index (χ4v) is 4.76. The van der Waals surface area contributed by atoms with Gasteiger partial charge in [-0.3, -0.25) is 9.59 Å². The number of unbranched alkanes of at least 4 members (excludes halogenated alkanes) is 5. The second kappa shape index (κ2) is 14.4. The molecule has 0 N–H and O–H groups in total. The van der Waals surface area contributed by atoms with E-state index in [4.69, 9.17) is 4.74 Å². The molecule has 0 radical (unpaired) electrons. The van der Waals surface area contributed by atoms with E-state index in [2.05, 4.69) is 23.5 Å². The molecule has 204 valence electrons. The lowest BCUT2D eigenvalue weighted by Gasteiger charge is -2.40. The molecule has 1 aromatic heterocycles. The van der Waals surface area contributed by atoms with Crippen LogP contribution in [0.5, 0.6) is 0 Å². The first-order chi connectivity index (χ1) is 18.4. The number of rotatable bonds is 12. The second-order valence-electron chi connectivity index (χ2n) is 9.81. The summed E-state index contributed by atoms with van der Waals surface area (Å²) in [5.74, 6) is -0.523. The highest BCUT2D eigenvalue weighted by Gasteiger charge is 2.33. The summed E-state index contributed by atoms with van der Waals surface area (Å²) in [5.41, 5.74) is 1.20. The molecular weight excluding hydrogens is 480 g/mol. The van der Waals surface area contributed by atoms with Gasteiger partial charge in [0.2, 0.25) is 5.91 Å². The summed E-state index contributed by atoms with van der Waals surface area (Å²) in [6, 6.07) is 9.20. The Bertz CT molecular complexity index is 1120. The predicted octanol–water partition coefficient (Wildman–Crippen LogP) is 5.22. The van der Waals surface area contributed by atoms with Gasteiger partial charge in [0.1, 0.15) is 17.9 Å². The van der Waals surface area contributed by atoms with E-state index in [-0.39, 0.29) is 35.7 Å². The van der Waals surface area contributed by atoms with Crippen LogP contribution in [0.15, 0.2) is 43.0 Å². The zero-order valence-electron chi connectivity index (χ0n) is 22.9. The highest BCUT2D eigenvalue weighted by Crippen LogP contribution is 2.23. The van der Waals surface area contributed by atoms with Gasteiger partial charge in [-0.05, 0) is 20.3 Å². The molecule has 0 bridgehead atoms. The average Bonchev–Trinajstić information content (AvgIpc) is 2.93. The minimum absolute atomic E-state index is 0.0166. The molecule has 3 rings (SSSR count). The molecule has 1 aliphatic heterocycles. The van der Waals surface area contributed by atoms with E-state index >= 15 is 0 Å². The minimum atomic E-state index is -0.661. The zero-order chi connectivity index (χ0) is 27.5. The van der Waals surface area contributed by atoms with Crippen LogP contribution in [0.25, 0.3) is 11.4 Å². The molecule has 2 aromatic rings. The SMILES string of the molecule is C=CCOC(=O)c1c(C)nc(-c2ccccc2)nc1C(=O)N1CCN(C(=O)CCCCCCCC)C(C)C1. The molecule has 38 heavy (non-hydrogen) atoms. The van der Waals surface area contributed by atoms with Gasteiger partial charge in [-0.15, -0.1) is 0 Å². The van der Waals surface area contributed by atoms with Crippen molar-refractivity contribution < 1.29 is 19.1 Å². The molecule has 0 aliphatic carbocycles. The molecule has 8 heteroatoms. The summed E-state index contributed by atoms with van der Waals surface area (Å²) in [6.07, 6.45) is 8.81. The maximum Gasteiger partial charge on any atom is 0.342 e. The van der Waals surface area contributed by atoms with Gasteiger partial charge < -0.3 is 14.5 Å². The Labute approximate surface area is 226 Å². The summed E-state index contributed by atoms with van der Waals surface area (Å²) >= 11 is 0. The van der Waals surface area contributed by atoms with E-state index in [1.165, 1.54) is 31.8 Å². The Morgan fingerprint density at radius 1 is 1.05 bits per heavy atom. The summed E-state index contributed by atoms with van der Waals surface area (Å²) in [5, 5.41) is 0. The van der Waals surface area contributed by atoms with Gasteiger partial charge in [0, 0.05) is 37.7 Å². The lowest BCUT2D eigenvalue weighted by atomic mass is 10.1. The van der Waals surface area contributed by atoms with Crippen LogP contribution in [0.3, 0.4) is 0 Å². The highest BCUT2D eigenvalue weighted by molar-refractivity contribution is 6.05. The van der Waals surface area contributed by atoms with E-state index in [9.17, 15) is 14.4 Å². The summed E-state index contributed by atoms with van der Waals surface area (Å²) in [7, 11) is 0. The number of carbonyl (C=O) groups is 3. The third-order valence-corrected chi connectivity index (χ3v) is 6.84. The number of aryl methyl sites for hydroxylation is 1. The number of benzene rings is 1. The summed E-state index contributed by atoms with van der Waals surface area (Å²) in [4.78, 5) is 52.1. The van der Waals surface area contributed by atoms with Crippen molar-refractivity contribution in [2.45, 2.75) is 71.8 Å². The first-order valence-corrected chi connectivity index (χ1v) is 13.7. The third kappa shape index (κ3) is 7.49. The Morgan fingerprint density at radius 2 is 1.76 bits per heavy atom. The molecule has 1 fully saturated rings. The van der Waals surface area contributed by atoms with Gasteiger partial charge in [0.25, 0.3) is 5.91 Å². The maximum atomic E-state index is 13.8. The number of hydrogen-bond acceptors (Lipinski definition) is 6. The van der Waals surface area contributed by atoms with E-state index in [1.54, 1.807) is 11.8 Å². The number of amides is 2. The van der Waals surface area contributed by atoms with Crippen molar-refractivity contribution in [1.29, 1.82) is 0 Å². The van der Waals surface area contributed by atoms with E-state index in [1.807, 2.05) is 42.2 Å². The molecule has 8 nitrogen and oxygen atoms in total. The number of carbonyl (C=O) groups excluding carboxylic acids is 3. The standard InChI is InChI=1S/C30H40N4O4/c1-5-7-8-9-10-14-17-25(35)34-19-18-33(21-22(34)3)29(36)27-26(30(37)38-20-6-2)23(4)31-28(32-27)24-15-12-11-13-16-24/h6,11-13,15-16,22H,2,5,7-10,14,17-21H2,1,3-4H3.